The third kappa shape index (κ3) is 2.65. The molecular weight excluding hydrogens is 322 g/mol. The second kappa shape index (κ2) is 5.72. The van der Waals surface area contributed by atoms with Gasteiger partial charge in [0.1, 0.15) is 11.6 Å². The molecule has 0 aliphatic heterocycles. The zero-order valence-corrected chi connectivity index (χ0v) is 14.1. The maximum atomic E-state index is 6.02. The monoisotopic (exact) mass is 337 g/mol. The van der Waals surface area contributed by atoms with Crippen molar-refractivity contribution in [3.8, 4) is 0 Å². The van der Waals surface area contributed by atoms with Crippen LogP contribution in [0.25, 0.3) is 16.7 Å². The highest BCUT2D eigenvalue weighted by atomic mass is 32.2. The van der Waals surface area contributed by atoms with E-state index < -0.39 is 0 Å². The number of nitrogen functional groups attached to an aromatic ring is 1. The minimum absolute atomic E-state index is 0.493. The average Bonchev–Trinajstić information content (AvgIpc) is 2.96. The first-order valence-corrected chi connectivity index (χ1v) is 8.44. The molecule has 0 spiro atoms. The Kier molecular flexibility index (Phi) is 3.53. The second-order valence-corrected chi connectivity index (χ2v) is 6.42. The van der Waals surface area contributed by atoms with Gasteiger partial charge in [0.2, 0.25) is 5.16 Å². The molecule has 0 aliphatic carbocycles. The number of benzene rings is 1. The molecule has 4 aromatic rings. The van der Waals surface area contributed by atoms with E-state index in [1.54, 1.807) is 4.52 Å². The Balaban J connectivity index is 1.62. The molecule has 0 saturated heterocycles. The van der Waals surface area contributed by atoms with Crippen molar-refractivity contribution in [1.82, 2.24) is 29.5 Å². The summed E-state index contributed by atoms with van der Waals surface area (Å²) in [6.45, 7) is 3.93. The van der Waals surface area contributed by atoms with Gasteiger partial charge in [0, 0.05) is 16.8 Å². The van der Waals surface area contributed by atoms with Crippen LogP contribution in [0.4, 0.5) is 5.82 Å². The fourth-order valence-corrected chi connectivity index (χ4v) is 3.23. The van der Waals surface area contributed by atoms with E-state index in [2.05, 4.69) is 25.0 Å². The number of nitrogens with two attached hydrogens (primary N) is 1. The van der Waals surface area contributed by atoms with Crippen LogP contribution in [-0.2, 0) is 5.75 Å². The van der Waals surface area contributed by atoms with Gasteiger partial charge in [-0.3, -0.25) is 0 Å². The predicted octanol–water partition coefficient (Wildman–Crippen LogP) is 2.56. The molecule has 8 heteroatoms. The summed E-state index contributed by atoms with van der Waals surface area (Å²) in [6, 6.07) is 9.69. The Morgan fingerprint density at radius 2 is 1.92 bits per heavy atom. The summed E-state index contributed by atoms with van der Waals surface area (Å²) in [5, 5.41) is 5.99. The van der Waals surface area contributed by atoms with Crippen LogP contribution in [0.3, 0.4) is 0 Å². The summed E-state index contributed by atoms with van der Waals surface area (Å²) >= 11 is 1.47. The van der Waals surface area contributed by atoms with E-state index in [1.807, 2.05) is 44.2 Å². The van der Waals surface area contributed by atoms with Gasteiger partial charge < -0.3 is 5.73 Å². The SMILES string of the molecule is Cc1cc(C)n2nc(SCc3nc(N)c4ccccc4n3)nc2n1. The van der Waals surface area contributed by atoms with Gasteiger partial charge in [0.25, 0.3) is 5.78 Å². The molecule has 0 aliphatic rings. The Morgan fingerprint density at radius 3 is 2.79 bits per heavy atom. The van der Waals surface area contributed by atoms with Crippen molar-refractivity contribution in [2.75, 3.05) is 5.73 Å². The van der Waals surface area contributed by atoms with E-state index in [9.17, 15) is 0 Å². The van der Waals surface area contributed by atoms with Crippen LogP contribution in [-0.4, -0.2) is 29.5 Å². The summed E-state index contributed by atoms with van der Waals surface area (Å²) in [4.78, 5) is 17.8. The third-order valence-corrected chi connectivity index (χ3v) is 4.44. The van der Waals surface area contributed by atoms with Crippen LogP contribution in [0.5, 0.6) is 0 Å². The molecule has 0 fully saturated rings. The molecule has 0 atom stereocenters. The summed E-state index contributed by atoms with van der Waals surface area (Å²) in [6.07, 6.45) is 0. The number of aryl methyl sites for hydroxylation is 2. The Labute approximate surface area is 142 Å². The Hall–Kier alpha value is -2.74. The molecule has 1 aromatic carbocycles. The highest BCUT2D eigenvalue weighted by Gasteiger charge is 2.10. The van der Waals surface area contributed by atoms with E-state index in [0.29, 0.717) is 28.3 Å². The van der Waals surface area contributed by atoms with E-state index in [0.717, 1.165) is 22.3 Å². The summed E-state index contributed by atoms with van der Waals surface area (Å²) in [7, 11) is 0. The molecule has 0 unspecified atom stereocenters. The molecule has 0 radical (unpaired) electrons. The molecule has 0 saturated carbocycles. The average molecular weight is 337 g/mol. The molecule has 7 nitrogen and oxygen atoms in total. The lowest BCUT2D eigenvalue weighted by atomic mass is 10.2. The third-order valence-electron chi connectivity index (χ3n) is 3.61. The van der Waals surface area contributed by atoms with Crippen molar-refractivity contribution in [3.63, 3.8) is 0 Å². The number of aromatic nitrogens is 6. The molecule has 24 heavy (non-hydrogen) atoms. The van der Waals surface area contributed by atoms with E-state index in [4.69, 9.17) is 5.73 Å². The maximum absolute atomic E-state index is 6.02. The van der Waals surface area contributed by atoms with E-state index in [1.165, 1.54) is 11.8 Å². The van der Waals surface area contributed by atoms with E-state index in [-0.39, 0.29) is 0 Å². The van der Waals surface area contributed by atoms with Crippen LogP contribution in [0.2, 0.25) is 0 Å². The van der Waals surface area contributed by atoms with Gasteiger partial charge in [-0.2, -0.15) is 4.98 Å². The smallest absolute Gasteiger partial charge is 0.253 e. The summed E-state index contributed by atoms with van der Waals surface area (Å²) in [5.41, 5.74) is 8.79. The highest BCUT2D eigenvalue weighted by molar-refractivity contribution is 7.98. The zero-order chi connectivity index (χ0) is 16.7. The Morgan fingerprint density at radius 1 is 1.08 bits per heavy atom. The maximum Gasteiger partial charge on any atom is 0.253 e. The predicted molar refractivity (Wildman–Crippen MR) is 93.8 cm³/mol. The fraction of sp³-hybridized carbons (Fsp3) is 0.188. The van der Waals surface area contributed by atoms with E-state index >= 15 is 0 Å². The number of rotatable bonds is 3. The topological polar surface area (TPSA) is 94.9 Å². The molecule has 120 valence electrons. The molecule has 0 bridgehead atoms. The van der Waals surface area contributed by atoms with Crippen molar-refractivity contribution in [2.45, 2.75) is 24.8 Å². The first-order chi connectivity index (χ1) is 11.6. The first kappa shape index (κ1) is 14.8. The highest BCUT2D eigenvalue weighted by Crippen LogP contribution is 2.22. The minimum Gasteiger partial charge on any atom is -0.383 e. The largest absolute Gasteiger partial charge is 0.383 e. The van der Waals surface area contributed by atoms with Crippen LogP contribution in [0.1, 0.15) is 17.2 Å². The normalized spacial score (nSPS) is 11.4. The molecule has 3 heterocycles. The van der Waals surface area contributed by atoms with Crippen LogP contribution >= 0.6 is 11.8 Å². The summed E-state index contributed by atoms with van der Waals surface area (Å²) in [5.74, 6) is 2.31. The standard InChI is InChI=1S/C16H15N7S/c1-9-7-10(2)23-15(18-9)21-16(22-23)24-8-13-19-12-6-4-3-5-11(12)14(17)20-13/h3-7H,8H2,1-2H3,(H2,17,19,20). The number of thioether (sulfide) groups is 1. The number of nitrogens with zero attached hydrogens (tertiary/aromatic N) is 6. The van der Waals surface area contributed by atoms with Gasteiger partial charge in [-0.25, -0.2) is 19.5 Å². The zero-order valence-electron chi connectivity index (χ0n) is 13.3. The Bertz CT molecular complexity index is 1060. The van der Waals surface area contributed by atoms with Crippen molar-refractivity contribution in [3.05, 3.63) is 47.5 Å². The summed E-state index contributed by atoms with van der Waals surface area (Å²) < 4.78 is 1.74. The van der Waals surface area contributed by atoms with Crippen molar-refractivity contribution in [2.24, 2.45) is 0 Å². The quantitative estimate of drug-likeness (QED) is 0.574. The van der Waals surface area contributed by atoms with Crippen LogP contribution in [0.15, 0.2) is 35.5 Å². The van der Waals surface area contributed by atoms with Gasteiger partial charge in [-0.05, 0) is 32.0 Å². The van der Waals surface area contributed by atoms with Gasteiger partial charge in [0.15, 0.2) is 0 Å². The lowest BCUT2D eigenvalue weighted by Gasteiger charge is -2.03. The molecular formula is C16H15N7S. The van der Waals surface area contributed by atoms with Gasteiger partial charge in [-0.1, -0.05) is 23.9 Å². The second-order valence-electron chi connectivity index (χ2n) is 5.48. The lowest BCUT2D eigenvalue weighted by Crippen LogP contribution is -2.00. The number of anilines is 1. The molecule has 3 aromatic heterocycles. The number of fused-ring (bicyclic) bond motifs is 2. The van der Waals surface area contributed by atoms with Gasteiger partial charge in [0.05, 0.1) is 11.3 Å². The van der Waals surface area contributed by atoms with Crippen molar-refractivity contribution < 1.29 is 0 Å². The molecule has 2 N–H and O–H groups in total. The minimum atomic E-state index is 0.493. The molecule has 4 rings (SSSR count). The van der Waals surface area contributed by atoms with Gasteiger partial charge in [-0.15, -0.1) is 5.10 Å². The number of hydrogen-bond donors (Lipinski definition) is 1. The van der Waals surface area contributed by atoms with Gasteiger partial charge >= 0.3 is 0 Å². The molecule has 0 amide bonds. The number of hydrogen-bond acceptors (Lipinski definition) is 7. The van der Waals surface area contributed by atoms with Crippen LogP contribution < -0.4 is 5.73 Å². The fourth-order valence-electron chi connectivity index (χ4n) is 2.55. The lowest BCUT2D eigenvalue weighted by molar-refractivity contribution is 0.842. The van der Waals surface area contributed by atoms with Crippen molar-refractivity contribution >= 4 is 34.3 Å². The first-order valence-electron chi connectivity index (χ1n) is 7.45. The van der Waals surface area contributed by atoms with Crippen molar-refractivity contribution in [1.29, 1.82) is 0 Å². The number of para-hydroxylation sites is 1. The van der Waals surface area contributed by atoms with Crippen LogP contribution in [0, 0.1) is 13.8 Å².